The molecule has 2 aliphatic rings. The first-order valence-electron chi connectivity index (χ1n) is 8.80. The van der Waals surface area contributed by atoms with Crippen molar-refractivity contribution in [3.63, 3.8) is 0 Å². The van der Waals surface area contributed by atoms with Crippen LogP contribution in [-0.4, -0.2) is 49.0 Å². The molecule has 2 aliphatic heterocycles. The summed E-state index contributed by atoms with van der Waals surface area (Å²) in [6.07, 6.45) is 0.351. The zero-order valence-electron chi connectivity index (χ0n) is 15.4. The molecule has 7 heteroatoms. The van der Waals surface area contributed by atoms with Gasteiger partial charge >= 0.3 is 5.97 Å². The highest BCUT2D eigenvalue weighted by Gasteiger charge is 2.67. The minimum atomic E-state index is -1.21. The molecule has 2 amide bonds. The Labute approximate surface area is 152 Å². The summed E-state index contributed by atoms with van der Waals surface area (Å²) >= 11 is 0. The second kappa shape index (κ2) is 6.72. The maximum atomic E-state index is 12.9. The van der Waals surface area contributed by atoms with Gasteiger partial charge in [-0.05, 0) is 31.0 Å². The normalized spacial score (nSPS) is 30.5. The van der Waals surface area contributed by atoms with Gasteiger partial charge < -0.3 is 9.47 Å². The fourth-order valence-corrected chi connectivity index (χ4v) is 4.31. The van der Waals surface area contributed by atoms with E-state index in [1.54, 1.807) is 26.2 Å². The fraction of sp³-hybridized carbons (Fsp3) is 0.526. The third-order valence-electron chi connectivity index (χ3n) is 5.64. The van der Waals surface area contributed by atoms with Gasteiger partial charge in [0.05, 0.1) is 26.1 Å². The lowest BCUT2D eigenvalue weighted by molar-refractivity contribution is -0.154. The van der Waals surface area contributed by atoms with Gasteiger partial charge in [-0.25, -0.2) is 0 Å². The summed E-state index contributed by atoms with van der Waals surface area (Å²) in [7, 11) is 2.88. The number of ether oxygens (including phenoxy) is 2. The molecule has 0 bridgehead atoms. The van der Waals surface area contributed by atoms with Crippen molar-refractivity contribution in [2.24, 2.45) is 11.8 Å². The smallest absolute Gasteiger partial charge is 0.326 e. The molecule has 2 heterocycles. The molecule has 0 unspecified atom stereocenters. The molecular weight excluding hydrogens is 336 g/mol. The minimum Gasteiger partial charge on any atom is -0.497 e. The van der Waals surface area contributed by atoms with E-state index in [9.17, 15) is 14.4 Å². The van der Waals surface area contributed by atoms with Crippen molar-refractivity contribution in [1.29, 1.82) is 0 Å². The van der Waals surface area contributed by atoms with Crippen molar-refractivity contribution >= 4 is 17.8 Å². The van der Waals surface area contributed by atoms with Crippen LogP contribution >= 0.6 is 0 Å². The number of carbonyl (C=O) groups excluding carboxylic acids is 3. The molecule has 2 saturated heterocycles. The van der Waals surface area contributed by atoms with E-state index in [1.807, 2.05) is 19.1 Å². The number of hydrogen-bond donors (Lipinski definition) is 1. The number of benzene rings is 1. The lowest BCUT2D eigenvalue weighted by Gasteiger charge is -2.31. The molecule has 140 valence electrons. The summed E-state index contributed by atoms with van der Waals surface area (Å²) in [5.74, 6) is -1.75. The minimum absolute atomic E-state index is 0.241. The number of methoxy groups -OCH3 is 2. The molecule has 4 atom stereocenters. The number of carbonyl (C=O) groups is 3. The molecule has 0 aromatic heterocycles. The number of hydrogen-bond acceptors (Lipinski definition) is 6. The first-order chi connectivity index (χ1) is 12.4. The third kappa shape index (κ3) is 2.41. The molecule has 0 aliphatic carbocycles. The third-order valence-corrected chi connectivity index (χ3v) is 5.64. The first-order valence-corrected chi connectivity index (χ1v) is 8.80. The van der Waals surface area contributed by atoms with Crippen LogP contribution in [0.5, 0.6) is 5.75 Å². The van der Waals surface area contributed by atoms with E-state index < -0.39 is 29.4 Å². The molecule has 7 nitrogen and oxygen atoms in total. The molecule has 0 spiro atoms. The number of rotatable bonds is 5. The van der Waals surface area contributed by atoms with E-state index in [1.165, 1.54) is 12.0 Å². The largest absolute Gasteiger partial charge is 0.497 e. The highest BCUT2D eigenvalue weighted by atomic mass is 16.5. The number of nitrogens with one attached hydrogen (secondary N) is 1. The van der Waals surface area contributed by atoms with Crippen molar-refractivity contribution in [1.82, 2.24) is 10.2 Å². The Balaban J connectivity index is 2.10. The van der Waals surface area contributed by atoms with Crippen LogP contribution in [0.4, 0.5) is 0 Å². The Morgan fingerprint density at radius 1 is 1.15 bits per heavy atom. The second-order valence-electron chi connectivity index (χ2n) is 6.64. The van der Waals surface area contributed by atoms with Crippen molar-refractivity contribution in [2.75, 3.05) is 20.8 Å². The highest BCUT2D eigenvalue weighted by molar-refractivity contribution is 6.09. The van der Waals surface area contributed by atoms with E-state index in [-0.39, 0.29) is 11.8 Å². The Morgan fingerprint density at radius 3 is 2.31 bits per heavy atom. The van der Waals surface area contributed by atoms with Gasteiger partial charge in [-0.2, -0.15) is 0 Å². The monoisotopic (exact) mass is 360 g/mol. The number of likely N-dealkylation sites (tertiary alicyclic amines) is 1. The average molecular weight is 360 g/mol. The van der Waals surface area contributed by atoms with Crippen molar-refractivity contribution in [2.45, 2.75) is 31.8 Å². The lowest BCUT2D eigenvalue weighted by Crippen LogP contribution is -2.55. The van der Waals surface area contributed by atoms with Gasteiger partial charge in [0.15, 0.2) is 0 Å². The van der Waals surface area contributed by atoms with Crippen molar-refractivity contribution < 1.29 is 23.9 Å². The molecular formula is C19H24N2O5. The molecule has 0 radical (unpaired) electrons. The highest BCUT2D eigenvalue weighted by Crippen LogP contribution is 2.50. The Bertz CT molecular complexity index is 732. The van der Waals surface area contributed by atoms with Crippen LogP contribution in [0.3, 0.4) is 0 Å². The van der Waals surface area contributed by atoms with Gasteiger partial charge in [0.25, 0.3) is 0 Å². The molecule has 1 N–H and O–H groups in total. The zero-order chi connectivity index (χ0) is 19.1. The second-order valence-corrected chi connectivity index (χ2v) is 6.64. The SMILES string of the molecule is CCN1C(=O)[C@H]2[C@@H](C1=O)[C@](CC)(C(=O)OC)N[C@H]2c1ccc(OC)cc1. The van der Waals surface area contributed by atoms with Crippen LogP contribution < -0.4 is 10.1 Å². The predicted octanol–water partition coefficient (Wildman–Crippen LogP) is 1.28. The van der Waals surface area contributed by atoms with Crippen LogP contribution in [-0.2, 0) is 19.1 Å². The van der Waals surface area contributed by atoms with Gasteiger partial charge in [-0.15, -0.1) is 0 Å². The van der Waals surface area contributed by atoms with E-state index in [4.69, 9.17) is 9.47 Å². The van der Waals surface area contributed by atoms with Gasteiger partial charge in [0.1, 0.15) is 11.3 Å². The summed E-state index contributed by atoms with van der Waals surface area (Å²) < 4.78 is 10.2. The van der Waals surface area contributed by atoms with Gasteiger partial charge in [0.2, 0.25) is 11.8 Å². The van der Waals surface area contributed by atoms with E-state index in [0.29, 0.717) is 18.7 Å². The van der Waals surface area contributed by atoms with E-state index in [2.05, 4.69) is 5.32 Å². The van der Waals surface area contributed by atoms with E-state index in [0.717, 1.165) is 5.56 Å². The quantitative estimate of drug-likeness (QED) is 0.629. The van der Waals surface area contributed by atoms with Crippen molar-refractivity contribution in [3.8, 4) is 5.75 Å². The summed E-state index contributed by atoms with van der Waals surface area (Å²) in [4.78, 5) is 39.8. The molecule has 1 aromatic rings. The van der Waals surface area contributed by atoms with Gasteiger partial charge in [-0.3, -0.25) is 24.6 Å². The van der Waals surface area contributed by atoms with Crippen LogP contribution in [0.1, 0.15) is 31.9 Å². The Kier molecular flexibility index (Phi) is 4.75. The molecule has 1 aromatic carbocycles. The van der Waals surface area contributed by atoms with Gasteiger partial charge in [0, 0.05) is 12.6 Å². The predicted molar refractivity (Wildman–Crippen MR) is 93.3 cm³/mol. The molecule has 3 rings (SSSR count). The summed E-state index contributed by atoms with van der Waals surface area (Å²) in [5, 5.41) is 3.28. The van der Waals surface area contributed by atoms with Crippen LogP contribution in [0.15, 0.2) is 24.3 Å². The first kappa shape index (κ1) is 18.4. The summed E-state index contributed by atoms with van der Waals surface area (Å²) in [6, 6.07) is 6.86. The Morgan fingerprint density at radius 2 is 1.81 bits per heavy atom. The number of imide groups is 1. The van der Waals surface area contributed by atoms with Crippen LogP contribution in [0.2, 0.25) is 0 Å². The van der Waals surface area contributed by atoms with Crippen LogP contribution in [0.25, 0.3) is 0 Å². The van der Waals surface area contributed by atoms with Crippen molar-refractivity contribution in [3.05, 3.63) is 29.8 Å². The number of amides is 2. The van der Waals surface area contributed by atoms with Gasteiger partial charge in [-0.1, -0.05) is 19.1 Å². The average Bonchev–Trinajstić information content (AvgIpc) is 3.15. The molecule has 2 fully saturated rings. The topological polar surface area (TPSA) is 84.9 Å². The number of esters is 1. The number of nitrogens with zero attached hydrogens (tertiary/aromatic N) is 1. The van der Waals surface area contributed by atoms with E-state index >= 15 is 0 Å². The standard InChI is InChI=1S/C19H24N2O5/c1-5-19(18(24)26-4)14-13(16(22)21(6-2)17(14)23)15(20-19)11-7-9-12(25-3)10-8-11/h7-10,13-15,20H,5-6H2,1-4H3/t13-,14-,15-,19+/m0/s1. The summed E-state index contributed by atoms with van der Waals surface area (Å²) in [6.45, 7) is 3.88. The van der Waals surface area contributed by atoms with Crippen LogP contribution in [0, 0.1) is 11.8 Å². The Hall–Kier alpha value is -2.41. The fourth-order valence-electron chi connectivity index (χ4n) is 4.31. The molecule has 0 saturated carbocycles. The lowest BCUT2D eigenvalue weighted by atomic mass is 9.78. The molecule has 26 heavy (non-hydrogen) atoms. The maximum Gasteiger partial charge on any atom is 0.326 e. The number of fused-ring (bicyclic) bond motifs is 1. The summed E-state index contributed by atoms with van der Waals surface area (Å²) in [5.41, 5.74) is -0.375. The zero-order valence-corrected chi connectivity index (χ0v) is 15.4. The maximum absolute atomic E-state index is 12.9.